The number of thiophene rings is 1. The van der Waals surface area contributed by atoms with Gasteiger partial charge < -0.3 is 9.13 Å². The number of benzene rings is 8. The highest BCUT2D eigenvalue weighted by molar-refractivity contribution is 7.26. The summed E-state index contributed by atoms with van der Waals surface area (Å²) in [6, 6.07) is 66.6. The fourth-order valence-corrected chi connectivity index (χ4v) is 9.88. The summed E-state index contributed by atoms with van der Waals surface area (Å²) in [6.45, 7) is 0. The maximum Gasteiger partial charge on any atom is 0.164 e. The van der Waals surface area contributed by atoms with Crippen molar-refractivity contribution in [3.8, 4) is 45.5 Å². The molecule has 12 aromatic rings. The van der Waals surface area contributed by atoms with Gasteiger partial charge in [-0.3, -0.25) is 0 Å². The van der Waals surface area contributed by atoms with Gasteiger partial charge in [-0.2, -0.15) is 0 Å². The average Bonchev–Trinajstić information content (AvgIpc) is 3.94. The van der Waals surface area contributed by atoms with E-state index < -0.39 is 0 Å². The lowest BCUT2D eigenvalue weighted by atomic mass is 10.0. The van der Waals surface area contributed by atoms with E-state index in [1.807, 2.05) is 47.7 Å². The van der Waals surface area contributed by atoms with Crippen LogP contribution >= 0.6 is 11.3 Å². The first-order valence-electron chi connectivity index (χ1n) is 19.1. The summed E-state index contributed by atoms with van der Waals surface area (Å²) in [7, 11) is 0. The molecule has 0 aliphatic carbocycles. The zero-order valence-corrected chi connectivity index (χ0v) is 31.4. The molecule has 57 heavy (non-hydrogen) atoms. The minimum absolute atomic E-state index is 0.650. The first-order chi connectivity index (χ1) is 28.3. The van der Waals surface area contributed by atoms with E-state index in [4.69, 9.17) is 15.0 Å². The van der Waals surface area contributed by atoms with Gasteiger partial charge in [-0.25, -0.2) is 15.0 Å². The Hall–Kier alpha value is -7.41. The SMILES string of the molecule is c1ccc(-c2nc(-c3ccccc3)nc(-c3ccc(-n4c5ccccc5c5cc6c(cc54)c4ccccc4n6-c4ccccc4)c4sc5ccccc5c34)n2)cc1. The molecule has 12 rings (SSSR count). The van der Waals surface area contributed by atoms with Crippen molar-refractivity contribution < 1.29 is 0 Å². The van der Waals surface area contributed by atoms with E-state index in [1.165, 1.54) is 58.4 Å². The van der Waals surface area contributed by atoms with Crippen LogP contribution in [-0.2, 0) is 0 Å². The molecule has 0 bridgehead atoms. The van der Waals surface area contributed by atoms with E-state index in [2.05, 4.69) is 161 Å². The molecular formula is C51H31N5S. The zero-order chi connectivity index (χ0) is 37.5. The molecule has 0 spiro atoms. The molecule has 266 valence electrons. The molecule has 0 aliphatic heterocycles. The van der Waals surface area contributed by atoms with Crippen molar-refractivity contribution in [2.24, 2.45) is 0 Å². The number of hydrogen-bond donors (Lipinski definition) is 0. The van der Waals surface area contributed by atoms with Crippen molar-refractivity contribution in [3.05, 3.63) is 188 Å². The summed E-state index contributed by atoms with van der Waals surface area (Å²) in [5.41, 5.74) is 9.89. The van der Waals surface area contributed by atoms with Gasteiger partial charge in [0.25, 0.3) is 0 Å². The van der Waals surface area contributed by atoms with E-state index in [0.717, 1.165) is 33.5 Å². The molecule has 0 radical (unpaired) electrons. The summed E-state index contributed by atoms with van der Waals surface area (Å²) in [4.78, 5) is 15.4. The van der Waals surface area contributed by atoms with Crippen LogP contribution in [0.15, 0.2) is 188 Å². The fraction of sp³-hybridized carbons (Fsp3) is 0. The molecule has 8 aromatic carbocycles. The molecule has 0 atom stereocenters. The molecule has 0 fully saturated rings. The van der Waals surface area contributed by atoms with E-state index in [0.29, 0.717) is 17.5 Å². The lowest BCUT2D eigenvalue weighted by molar-refractivity contribution is 1.08. The van der Waals surface area contributed by atoms with Gasteiger partial charge >= 0.3 is 0 Å². The minimum Gasteiger partial charge on any atom is -0.309 e. The number of hydrogen-bond acceptors (Lipinski definition) is 4. The van der Waals surface area contributed by atoms with Crippen LogP contribution in [0.25, 0.3) is 109 Å². The normalized spacial score (nSPS) is 11.9. The van der Waals surface area contributed by atoms with Crippen LogP contribution in [0, 0.1) is 0 Å². The Kier molecular flexibility index (Phi) is 7.03. The van der Waals surface area contributed by atoms with Crippen molar-refractivity contribution in [2.45, 2.75) is 0 Å². The van der Waals surface area contributed by atoms with Gasteiger partial charge in [-0.15, -0.1) is 11.3 Å². The van der Waals surface area contributed by atoms with Gasteiger partial charge in [-0.05, 0) is 54.6 Å². The van der Waals surface area contributed by atoms with Crippen LogP contribution in [0.4, 0.5) is 0 Å². The molecule has 6 heteroatoms. The Morgan fingerprint density at radius 1 is 0.368 bits per heavy atom. The fourth-order valence-electron chi connectivity index (χ4n) is 8.65. The maximum absolute atomic E-state index is 5.19. The zero-order valence-electron chi connectivity index (χ0n) is 30.5. The van der Waals surface area contributed by atoms with Gasteiger partial charge in [0.1, 0.15) is 0 Å². The van der Waals surface area contributed by atoms with Crippen LogP contribution in [0.2, 0.25) is 0 Å². The van der Waals surface area contributed by atoms with E-state index in [1.54, 1.807) is 0 Å². The van der Waals surface area contributed by atoms with Crippen molar-refractivity contribution >= 4 is 75.1 Å². The van der Waals surface area contributed by atoms with Crippen molar-refractivity contribution in [3.63, 3.8) is 0 Å². The number of aromatic nitrogens is 5. The van der Waals surface area contributed by atoms with Gasteiger partial charge in [0.2, 0.25) is 0 Å². The van der Waals surface area contributed by atoms with Crippen LogP contribution in [-0.4, -0.2) is 24.1 Å². The molecule has 0 saturated heterocycles. The van der Waals surface area contributed by atoms with Crippen molar-refractivity contribution in [1.29, 1.82) is 0 Å². The third-order valence-corrected chi connectivity index (χ3v) is 12.4. The highest BCUT2D eigenvalue weighted by atomic mass is 32.1. The number of rotatable bonds is 5. The second-order valence-corrected chi connectivity index (χ2v) is 15.5. The largest absolute Gasteiger partial charge is 0.309 e. The second kappa shape index (κ2) is 12.6. The van der Waals surface area contributed by atoms with Gasteiger partial charge in [0.05, 0.1) is 32.5 Å². The highest BCUT2D eigenvalue weighted by Crippen LogP contribution is 2.46. The Morgan fingerprint density at radius 3 is 1.49 bits per heavy atom. The monoisotopic (exact) mass is 745 g/mol. The summed E-state index contributed by atoms with van der Waals surface area (Å²) in [5, 5.41) is 7.22. The standard InChI is InChI=1S/C51H31N5S/c1-4-16-32(17-5-1)49-52-50(33-18-6-2-7-19-33)54-51(53-49)38-28-29-43(48-47(38)37-24-12-15-27-46(37)57-48)56-42-26-14-11-23-36(42)40-30-44-39(31-45(40)56)35-22-10-13-25-41(35)55(44)34-20-8-3-9-21-34/h1-31H. The van der Waals surface area contributed by atoms with Crippen molar-refractivity contribution in [2.75, 3.05) is 0 Å². The van der Waals surface area contributed by atoms with Gasteiger partial charge in [-0.1, -0.05) is 133 Å². The molecule has 0 saturated carbocycles. The molecule has 0 aliphatic rings. The quantitative estimate of drug-likeness (QED) is 0.176. The maximum atomic E-state index is 5.19. The van der Waals surface area contributed by atoms with Gasteiger partial charge in [0, 0.05) is 59.4 Å². The van der Waals surface area contributed by atoms with Crippen LogP contribution in [0.1, 0.15) is 0 Å². The third kappa shape index (κ3) is 4.91. The summed E-state index contributed by atoms with van der Waals surface area (Å²) < 4.78 is 7.28. The molecule has 0 amide bonds. The number of para-hydroxylation sites is 3. The predicted octanol–water partition coefficient (Wildman–Crippen LogP) is 13.4. The predicted molar refractivity (Wildman–Crippen MR) is 238 cm³/mol. The van der Waals surface area contributed by atoms with Crippen molar-refractivity contribution in [1.82, 2.24) is 24.1 Å². The highest BCUT2D eigenvalue weighted by Gasteiger charge is 2.23. The Morgan fingerprint density at radius 2 is 0.860 bits per heavy atom. The summed E-state index contributed by atoms with van der Waals surface area (Å²) in [5.74, 6) is 1.95. The minimum atomic E-state index is 0.650. The average molecular weight is 746 g/mol. The van der Waals surface area contributed by atoms with E-state index in [-0.39, 0.29) is 0 Å². The Labute approximate surface area is 331 Å². The number of fused-ring (bicyclic) bond motifs is 9. The van der Waals surface area contributed by atoms with E-state index in [9.17, 15) is 0 Å². The smallest absolute Gasteiger partial charge is 0.164 e. The molecule has 4 aromatic heterocycles. The number of nitrogens with zero attached hydrogens (tertiary/aromatic N) is 5. The van der Waals surface area contributed by atoms with Crippen LogP contribution in [0.5, 0.6) is 0 Å². The lowest BCUT2D eigenvalue weighted by Crippen LogP contribution is -2.01. The molecule has 0 N–H and O–H groups in total. The summed E-state index contributed by atoms with van der Waals surface area (Å²) in [6.07, 6.45) is 0. The Bertz CT molecular complexity index is 3450. The Balaban J connectivity index is 1.16. The molecule has 0 unspecified atom stereocenters. The lowest BCUT2D eigenvalue weighted by Gasteiger charge is -2.13. The van der Waals surface area contributed by atoms with Crippen LogP contribution < -0.4 is 0 Å². The first-order valence-corrected chi connectivity index (χ1v) is 19.9. The molecular weight excluding hydrogens is 715 g/mol. The first kappa shape index (κ1) is 31.9. The molecule has 4 heterocycles. The van der Waals surface area contributed by atoms with Gasteiger partial charge in [0.15, 0.2) is 17.5 Å². The van der Waals surface area contributed by atoms with Crippen LogP contribution in [0.3, 0.4) is 0 Å². The molecule has 5 nitrogen and oxygen atoms in total. The topological polar surface area (TPSA) is 48.5 Å². The second-order valence-electron chi connectivity index (χ2n) is 14.4. The summed E-state index contributed by atoms with van der Waals surface area (Å²) >= 11 is 1.83. The third-order valence-electron chi connectivity index (χ3n) is 11.2. The van der Waals surface area contributed by atoms with E-state index >= 15 is 0 Å².